The molecule has 1 saturated heterocycles. The van der Waals surface area contributed by atoms with Crippen molar-refractivity contribution in [1.29, 1.82) is 0 Å². The van der Waals surface area contributed by atoms with Crippen LogP contribution >= 0.6 is 0 Å². The molecule has 1 aliphatic carbocycles. The Labute approximate surface area is 186 Å². The molecule has 0 saturated carbocycles. The Morgan fingerprint density at radius 3 is 2.00 bits per heavy atom. The van der Waals surface area contributed by atoms with Gasteiger partial charge in [0.2, 0.25) is 0 Å². The second-order valence-corrected chi connectivity index (χ2v) is 9.46. The average molecular weight is 416 g/mol. The standard InChI is InChI=1S/C27H33N3O/c1-27(2,3)29-26(31)28-16-19-30-17-14-22(15-18-30)25-23-10-6-4-8-20(23)12-13-21-9-5-7-11-24(21)25/h4-13H,14-19H2,1-3H3,(H2,28,29,31). The zero-order valence-electron chi connectivity index (χ0n) is 18.9. The lowest BCUT2D eigenvalue weighted by Gasteiger charge is -2.30. The zero-order valence-corrected chi connectivity index (χ0v) is 18.9. The Hall–Kier alpha value is -2.85. The lowest BCUT2D eigenvalue weighted by molar-refractivity contribution is 0.224. The van der Waals surface area contributed by atoms with E-state index >= 15 is 0 Å². The first-order valence-electron chi connectivity index (χ1n) is 11.3. The highest BCUT2D eigenvalue weighted by Gasteiger charge is 2.22. The maximum Gasteiger partial charge on any atom is 0.315 e. The van der Waals surface area contributed by atoms with Crippen molar-refractivity contribution in [2.75, 3.05) is 26.2 Å². The maximum atomic E-state index is 12.0. The van der Waals surface area contributed by atoms with Crippen LogP contribution in [0.3, 0.4) is 0 Å². The summed E-state index contributed by atoms with van der Waals surface area (Å²) in [6.07, 6.45) is 6.61. The van der Waals surface area contributed by atoms with Gasteiger partial charge in [0.15, 0.2) is 0 Å². The molecule has 0 radical (unpaired) electrons. The van der Waals surface area contributed by atoms with Gasteiger partial charge in [-0.1, -0.05) is 66.3 Å². The number of carbonyl (C=O) groups is 1. The molecule has 1 fully saturated rings. The van der Waals surface area contributed by atoms with Gasteiger partial charge < -0.3 is 15.5 Å². The molecule has 0 atom stereocenters. The third-order valence-corrected chi connectivity index (χ3v) is 5.92. The average Bonchev–Trinajstić information content (AvgIpc) is 2.90. The van der Waals surface area contributed by atoms with E-state index in [0.717, 1.165) is 32.5 Å². The van der Waals surface area contributed by atoms with Crippen molar-refractivity contribution >= 4 is 23.8 Å². The molecule has 2 amide bonds. The summed E-state index contributed by atoms with van der Waals surface area (Å²) in [4.78, 5) is 14.4. The van der Waals surface area contributed by atoms with Crippen molar-refractivity contribution in [1.82, 2.24) is 15.5 Å². The topological polar surface area (TPSA) is 44.4 Å². The summed E-state index contributed by atoms with van der Waals surface area (Å²) in [6, 6.07) is 17.4. The molecule has 2 aliphatic rings. The molecule has 1 heterocycles. The fraction of sp³-hybridized carbons (Fsp3) is 0.370. The summed E-state index contributed by atoms with van der Waals surface area (Å²) in [5, 5.41) is 5.93. The van der Waals surface area contributed by atoms with E-state index in [4.69, 9.17) is 0 Å². The summed E-state index contributed by atoms with van der Waals surface area (Å²) < 4.78 is 0. The lowest BCUT2D eigenvalue weighted by Crippen LogP contribution is -2.48. The first-order chi connectivity index (χ1) is 14.9. The Morgan fingerprint density at radius 1 is 0.903 bits per heavy atom. The third kappa shape index (κ3) is 5.26. The largest absolute Gasteiger partial charge is 0.337 e. The molecule has 2 aromatic rings. The number of rotatable bonds is 3. The predicted molar refractivity (Wildman–Crippen MR) is 130 cm³/mol. The minimum Gasteiger partial charge on any atom is -0.337 e. The third-order valence-electron chi connectivity index (χ3n) is 5.92. The minimum absolute atomic E-state index is 0.0912. The number of nitrogens with one attached hydrogen (secondary N) is 2. The van der Waals surface area contributed by atoms with E-state index in [1.165, 1.54) is 27.8 Å². The SMILES string of the molecule is CC(C)(C)NC(=O)NCCN1CCC(=C2c3ccccc3C=Cc3ccccc32)CC1. The number of benzene rings is 2. The fourth-order valence-corrected chi connectivity index (χ4v) is 4.45. The minimum atomic E-state index is -0.212. The molecule has 31 heavy (non-hydrogen) atoms. The van der Waals surface area contributed by atoms with Gasteiger partial charge >= 0.3 is 6.03 Å². The number of hydrogen-bond donors (Lipinski definition) is 2. The van der Waals surface area contributed by atoms with Gasteiger partial charge in [-0.3, -0.25) is 0 Å². The highest BCUT2D eigenvalue weighted by molar-refractivity contribution is 5.94. The van der Waals surface area contributed by atoms with Gasteiger partial charge in [0, 0.05) is 31.7 Å². The Bertz CT molecular complexity index is 952. The Balaban J connectivity index is 1.46. The summed E-state index contributed by atoms with van der Waals surface area (Å²) in [5.41, 5.74) is 8.00. The van der Waals surface area contributed by atoms with Crippen LogP contribution in [0.5, 0.6) is 0 Å². The van der Waals surface area contributed by atoms with Gasteiger partial charge in [-0.15, -0.1) is 0 Å². The molecule has 0 aromatic heterocycles. The molecular formula is C27H33N3O. The van der Waals surface area contributed by atoms with Gasteiger partial charge in [-0.2, -0.15) is 0 Å². The predicted octanol–water partition coefficient (Wildman–Crippen LogP) is 5.17. The number of urea groups is 1. The van der Waals surface area contributed by atoms with Crippen LogP contribution in [0.4, 0.5) is 4.79 Å². The molecule has 0 unspecified atom stereocenters. The molecule has 2 N–H and O–H groups in total. The molecule has 0 spiro atoms. The second kappa shape index (κ2) is 9.11. The van der Waals surface area contributed by atoms with Gasteiger partial charge in [-0.05, 0) is 61.4 Å². The number of hydrogen-bond acceptors (Lipinski definition) is 2. The number of carbonyl (C=O) groups excluding carboxylic acids is 1. The van der Waals surface area contributed by atoms with Crippen LogP contribution < -0.4 is 10.6 Å². The van der Waals surface area contributed by atoms with Crippen LogP contribution in [0.1, 0.15) is 55.9 Å². The van der Waals surface area contributed by atoms with Gasteiger partial charge in [0.05, 0.1) is 0 Å². The van der Waals surface area contributed by atoms with Crippen molar-refractivity contribution in [3.63, 3.8) is 0 Å². The smallest absolute Gasteiger partial charge is 0.315 e. The molecule has 4 nitrogen and oxygen atoms in total. The number of amides is 2. The van der Waals surface area contributed by atoms with E-state index in [9.17, 15) is 4.79 Å². The Kier molecular flexibility index (Phi) is 6.28. The number of likely N-dealkylation sites (tertiary alicyclic amines) is 1. The first kappa shape index (κ1) is 21.4. The summed E-state index contributed by atoms with van der Waals surface area (Å²) in [6.45, 7) is 9.58. The quantitative estimate of drug-likeness (QED) is 0.620. The maximum absolute atomic E-state index is 12.0. The number of piperidine rings is 1. The second-order valence-electron chi connectivity index (χ2n) is 9.46. The van der Waals surface area contributed by atoms with Crippen LogP contribution in [-0.2, 0) is 0 Å². The van der Waals surface area contributed by atoms with E-state index in [-0.39, 0.29) is 11.6 Å². The van der Waals surface area contributed by atoms with Crippen molar-refractivity contribution < 1.29 is 4.79 Å². The molecule has 162 valence electrons. The van der Waals surface area contributed by atoms with Crippen LogP contribution in [0.15, 0.2) is 54.1 Å². The first-order valence-corrected chi connectivity index (χ1v) is 11.3. The van der Waals surface area contributed by atoms with Crippen LogP contribution in [0, 0.1) is 0 Å². The number of nitrogens with zero attached hydrogens (tertiary/aromatic N) is 1. The summed E-state index contributed by atoms with van der Waals surface area (Å²) in [5.74, 6) is 0. The van der Waals surface area contributed by atoms with Crippen molar-refractivity contribution in [3.8, 4) is 0 Å². The highest BCUT2D eigenvalue weighted by Crippen LogP contribution is 2.38. The van der Waals surface area contributed by atoms with E-state index < -0.39 is 0 Å². The van der Waals surface area contributed by atoms with Gasteiger partial charge in [-0.25, -0.2) is 4.79 Å². The van der Waals surface area contributed by atoms with Crippen LogP contribution in [-0.4, -0.2) is 42.6 Å². The van der Waals surface area contributed by atoms with Crippen molar-refractivity contribution in [2.45, 2.75) is 39.2 Å². The molecule has 4 heteroatoms. The monoisotopic (exact) mass is 415 g/mol. The Morgan fingerprint density at radius 2 is 1.45 bits per heavy atom. The van der Waals surface area contributed by atoms with Gasteiger partial charge in [0.1, 0.15) is 0 Å². The summed E-state index contributed by atoms with van der Waals surface area (Å²) >= 11 is 0. The lowest BCUT2D eigenvalue weighted by atomic mass is 9.86. The van der Waals surface area contributed by atoms with Crippen molar-refractivity contribution in [3.05, 3.63) is 76.4 Å². The van der Waals surface area contributed by atoms with E-state index in [0.29, 0.717) is 6.54 Å². The molecular weight excluding hydrogens is 382 g/mol. The van der Waals surface area contributed by atoms with E-state index in [1.807, 2.05) is 20.8 Å². The normalized spacial score (nSPS) is 16.4. The number of fused-ring (bicyclic) bond motifs is 2. The zero-order chi connectivity index (χ0) is 21.8. The van der Waals surface area contributed by atoms with E-state index in [2.05, 4.69) is 76.2 Å². The molecule has 1 aliphatic heterocycles. The van der Waals surface area contributed by atoms with Crippen molar-refractivity contribution in [2.24, 2.45) is 0 Å². The van der Waals surface area contributed by atoms with Crippen LogP contribution in [0.25, 0.3) is 17.7 Å². The summed E-state index contributed by atoms with van der Waals surface area (Å²) in [7, 11) is 0. The van der Waals surface area contributed by atoms with Gasteiger partial charge in [0.25, 0.3) is 0 Å². The molecule has 0 bridgehead atoms. The molecule has 2 aromatic carbocycles. The highest BCUT2D eigenvalue weighted by atomic mass is 16.2. The molecule has 4 rings (SSSR count). The fourth-order valence-electron chi connectivity index (χ4n) is 4.45. The van der Waals surface area contributed by atoms with Crippen LogP contribution in [0.2, 0.25) is 0 Å². The van der Waals surface area contributed by atoms with E-state index in [1.54, 1.807) is 5.57 Å².